The highest BCUT2D eigenvalue weighted by atomic mass is 127. The van der Waals surface area contributed by atoms with E-state index in [-0.39, 0.29) is 35.8 Å². The lowest BCUT2D eigenvalue weighted by atomic mass is 9.97. The molecule has 27 heavy (non-hydrogen) atoms. The molecule has 0 aliphatic carbocycles. The highest BCUT2D eigenvalue weighted by Gasteiger charge is 2.23. The van der Waals surface area contributed by atoms with Crippen LogP contribution >= 0.6 is 47.2 Å². The molecule has 1 saturated heterocycles. The van der Waals surface area contributed by atoms with Gasteiger partial charge in [-0.1, -0.05) is 29.3 Å². The Hall–Kier alpha value is -0.770. The molecule has 0 radical (unpaired) electrons. The van der Waals surface area contributed by atoms with Gasteiger partial charge in [0.05, 0.1) is 5.92 Å². The molecular weight excluding hydrogens is 500 g/mol. The molecule has 4 N–H and O–H groups in total. The Kier molecular flexibility index (Phi) is 11.4. The summed E-state index contributed by atoms with van der Waals surface area (Å²) in [6.07, 6.45) is 2.91. The molecule has 6 nitrogen and oxygen atoms in total. The van der Waals surface area contributed by atoms with Crippen LogP contribution in [0.2, 0.25) is 10.0 Å². The Bertz CT molecular complexity index is 644. The molecule has 1 aliphatic rings. The van der Waals surface area contributed by atoms with Crippen molar-refractivity contribution in [3.63, 3.8) is 0 Å². The summed E-state index contributed by atoms with van der Waals surface area (Å²) in [5.74, 6) is 0.540. The zero-order valence-corrected chi connectivity index (χ0v) is 19.4. The Balaban J connectivity index is 0.00000364. The van der Waals surface area contributed by atoms with Crippen LogP contribution in [0.5, 0.6) is 0 Å². The topological polar surface area (TPSA) is 82.8 Å². The summed E-state index contributed by atoms with van der Waals surface area (Å²) in [5.41, 5.74) is 6.39. The van der Waals surface area contributed by atoms with Crippen molar-refractivity contribution in [3.05, 3.63) is 33.8 Å². The van der Waals surface area contributed by atoms with Gasteiger partial charge in [-0.3, -0.25) is 9.79 Å². The second kappa shape index (κ2) is 12.6. The average molecular weight is 528 g/mol. The first-order valence-corrected chi connectivity index (χ1v) is 9.65. The molecule has 1 aromatic carbocycles. The molecule has 1 aromatic rings. The molecule has 1 heterocycles. The largest absolute Gasteiger partial charge is 0.369 e. The second-order valence-electron chi connectivity index (χ2n) is 6.48. The third-order valence-electron chi connectivity index (χ3n) is 4.54. The van der Waals surface area contributed by atoms with Crippen LogP contribution in [0.3, 0.4) is 0 Å². The summed E-state index contributed by atoms with van der Waals surface area (Å²) in [7, 11) is 1.74. The molecule has 0 spiro atoms. The van der Waals surface area contributed by atoms with Crippen molar-refractivity contribution in [1.29, 1.82) is 0 Å². The quantitative estimate of drug-likeness (QED) is 0.220. The number of amides is 1. The van der Waals surface area contributed by atoms with Gasteiger partial charge in [0.15, 0.2) is 5.96 Å². The lowest BCUT2D eigenvalue weighted by Crippen LogP contribution is -2.42. The average Bonchev–Trinajstić information content (AvgIpc) is 2.62. The molecule has 1 aliphatic heterocycles. The van der Waals surface area contributed by atoms with Crippen molar-refractivity contribution in [2.75, 3.05) is 33.2 Å². The van der Waals surface area contributed by atoms with Crippen LogP contribution in [0.25, 0.3) is 0 Å². The zero-order chi connectivity index (χ0) is 18.9. The molecule has 0 saturated carbocycles. The van der Waals surface area contributed by atoms with Gasteiger partial charge in [0.25, 0.3) is 0 Å². The van der Waals surface area contributed by atoms with Crippen molar-refractivity contribution in [3.8, 4) is 0 Å². The highest BCUT2D eigenvalue weighted by molar-refractivity contribution is 14.0. The number of piperidine rings is 1. The van der Waals surface area contributed by atoms with Gasteiger partial charge in [-0.2, -0.15) is 0 Å². The highest BCUT2D eigenvalue weighted by Crippen LogP contribution is 2.20. The minimum absolute atomic E-state index is 0. The summed E-state index contributed by atoms with van der Waals surface area (Å²) in [6, 6.07) is 5.45. The van der Waals surface area contributed by atoms with E-state index < -0.39 is 0 Å². The number of likely N-dealkylation sites (tertiary alicyclic amines) is 1. The number of carbonyl (C=O) groups is 1. The SMILES string of the molecule is CN=C(NCCCN1CCCC(C(N)=O)C1)NCc1ccc(Cl)cc1Cl.I. The number of aliphatic imine (C=N–C) groups is 1. The summed E-state index contributed by atoms with van der Waals surface area (Å²) < 4.78 is 0. The molecule has 1 fully saturated rings. The van der Waals surface area contributed by atoms with Crippen LogP contribution in [0.1, 0.15) is 24.8 Å². The molecule has 1 amide bonds. The van der Waals surface area contributed by atoms with E-state index in [0.29, 0.717) is 16.6 Å². The maximum Gasteiger partial charge on any atom is 0.221 e. The van der Waals surface area contributed by atoms with Gasteiger partial charge in [0.2, 0.25) is 5.91 Å². The molecule has 152 valence electrons. The fourth-order valence-corrected chi connectivity index (χ4v) is 3.54. The lowest BCUT2D eigenvalue weighted by molar-refractivity contribution is -0.123. The zero-order valence-electron chi connectivity index (χ0n) is 15.5. The van der Waals surface area contributed by atoms with Crippen LogP contribution < -0.4 is 16.4 Å². The number of nitrogens with one attached hydrogen (secondary N) is 2. The van der Waals surface area contributed by atoms with E-state index in [4.69, 9.17) is 28.9 Å². The molecule has 1 unspecified atom stereocenters. The number of benzene rings is 1. The van der Waals surface area contributed by atoms with Crippen LogP contribution in [0.4, 0.5) is 0 Å². The number of rotatable bonds is 7. The van der Waals surface area contributed by atoms with Gasteiger partial charge < -0.3 is 21.3 Å². The molecular formula is C18H28Cl2IN5O. The van der Waals surface area contributed by atoms with Gasteiger partial charge in [-0.25, -0.2) is 0 Å². The van der Waals surface area contributed by atoms with E-state index in [1.807, 2.05) is 12.1 Å². The predicted molar refractivity (Wildman–Crippen MR) is 123 cm³/mol. The lowest BCUT2D eigenvalue weighted by Gasteiger charge is -2.31. The maximum atomic E-state index is 11.3. The van der Waals surface area contributed by atoms with Gasteiger partial charge in [-0.05, 0) is 50.0 Å². The summed E-state index contributed by atoms with van der Waals surface area (Å²) in [5, 5.41) is 7.80. The van der Waals surface area contributed by atoms with Gasteiger partial charge in [0, 0.05) is 36.7 Å². The predicted octanol–water partition coefficient (Wildman–Crippen LogP) is 2.86. The Morgan fingerprint density at radius 2 is 2.15 bits per heavy atom. The van der Waals surface area contributed by atoms with Crippen LogP contribution in [0, 0.1) is 5.92 Å². The number of hydrogen-bond acceptors (Lipinski definition) is 3. The van der Waals surface area contributed by atoms with Crippen molar-refractivity contribution >= 4 is 59.0 Å². The van der Waals surface area contributed by atoms with Crippen molar-refractivity contribution < 1.29 is 4.79 Å². The number of halogens is 3. The smallest absolute Gasteiger partial charge is 0.221 e. The third kappa shape index (κ3) is 8.41. The molecule has 0 bridgehead atoms. The molecule has 2 rings (SSSR count). The summed E-state index contributed by atoms with van der Waals surface area (Å²) in [4.78, 5) is 17.9. The van der Waals surface area contributed by atoms with E-state index in [9.17, 15) is 4.79 Å². The summed E-state index contributed by atoms with van der Waals surface area (Å²) >= 11 is 12.1. The number of nitrogens with zero attached hydrogens (tertiary/aromatic N) is 2. The van der Waals surface area contributed by atoms with E-state index in [2.05, 4.69) is 20.5 Å². The third-order valence-corrected chi connectivity index (χ3v) is 5.12. The molecule has 0 aromatic heterocycles. The van der Waals surface area contributed by atoms with Crippen LogP contribution in [-0.2, 0) is 11.3 Å². The van der Waals surface area contributed by atoms with Crippen LogP contribution in [0.15, 0.2) is 23.2 Å². The minimum Gasteiger partial charge on any atom is -0.369 e. The first-order valence-electron chi connectivity index (χ1n) is 8.89. The van der Waals surface area contributed by atoms with Crippen molar-refractivity contribution in [2.24, 2.45) is 16.6 Å². The first kappa shape index (κ1) is 24.3. The van der Waals surface area contributed by atoms with Gasteiger partial charge >= 0.3 is 0 Å². The summed E-state index contributed by atoms with van der Waals surface area (Å²) in [6.45, 7) is 4.12. The van der Waals surface area contributed by atoms with Crippen LogP contribution in [-0.4, -0.2) is 50.0 Å². The van der Waals surface area contributed by atoms with Gasteiger partial charge in [-0.15, -0.1) is 24.0 Å². The van der Waals surface area contributed by atoms with E-state index >= 15 is 0 Å². The second-order valence-corrected chi connectivity index (χ2v) is 7.33. The fraction of sp³-hybridized carbons (Fsp3) is 0.556. The number of primary amides is 1. The number of nitrogens with two attached hydrogens (primary N) is 1. The Morgan fingerprint density at radius 3 is 2.81 bits per heavy atom. The number of guanidine groups is 1. The first-order chi connectivity index (χ1) is 12.5. The monoisotopic (exact) mass is 527 g/mol. The maximum absolute atomic E-state index is 11.3. The number of carbonyl (C=O) groups excluding carboxylic acids is 1. The van der Waals surface area contributed by atoms with E-state index in [0.717, 1.165) is 57.0 Å². The number of hydrogen-bond donors (Lipinski definition) is 3. The Labute approximate surface area is 188 Å². The fourth-order valence-electron chi connectivity index (χ4n) is 3.06. The molecule has 1 atom stereocenters. The standard InChI is InChI=1S/C18H27Cl2N5O.HI/c1-22-18(24-11-13-5-6-15(19)10-16(13)20)23-7-3-9-25-8-2-4-14(12-25)17(21)26;/h5-6,10,14H,2-4,7-9,11-12H2,1H3,(H2,21,26)(H2,22,23,24);1H. The molecule has 9 heteroatoms. The Morgan fingerprint density at radius 1 is 1.37 bits per heavy atom. The van der Waals surface area contributed by atoms with Crippen molar-refractivity contribution in [1.82, 2.24) is 15.5 Å². The normalized spacial score (nSPS) is 17.9. The van der Waals surface area contributed by atoms with Crippen molar-refractivity contribution in [2.45, 2.75) is 25.8 Å². The van der Waals surface area contributed by atoms with E-state index in [1.54, 1.807) is 13.1 Å². The van der Waals surface area contributed by atoms with Gasteiger partial charge in [0.1, 0.15) is 0 Å². The minimum atomic E-state index is -0.182. The van der Waals surface area contributed by atoms with E-state index in [1.165, 1.54) is 0 Å².